The molecule has 0 fully saturated rings. The van der Waals surface area contributed by atoms with Gasteiger partial charge in [0.25, 0.3) is 5.69 Å². The molecule has 0 bridgehead atoms. The molecule has 0 aliphatic rings. The molecule has 1 N–H and O–H groups in total. The lowest BCUT2D eigenvalue weighted by Gasteiger charge is -2.18. The van der Waals surface area contributed by atoms with Crippen molar-refractivity contribution in [1.82, 2.24) is 4.90 Å². The number of hydrogen-bond donors (Lipinski definition) is 1. The van der Waals surface area contributed by atoms with Crippen molar-refractivity contribution in [2.75, 3.05) is 25.0 Å². The fraction of sp³-hybridized carbons (Fsp3) is 0.500. The van der Waals surface area contributed by atoms with E-state index < -0.39 is 4.92 Å². The summed E-state index contributed by atoms with van der Waals surface area (Å²) in [5, 5.41) is 13.7. The second-order valence-electron chi connectivity index (χ2n) is 4.40. The maximum absolute atomic E-state index is 11.8. The minimum Gasteiger partial charge on any atom is -0.385 e. The van der Waals surface area contributed by atoms with Gasteiger partial charge >= 0.3 is 0 Å². The number of carbonyl (C=O) groups is 1. The number of amides is 1. The van der Waals surface area contributed by atoms with Gasteiger partial charge in [-0.2, -0.15) is 0 Å². The van der Waals surface area contributed by atoms with Crippen LogP contribution in [-0.4, -0.2) is 35.4 Å². The highest BCUT2D eigenvalue weighted by atomic mass is 16.6. The highest BCUT2D eigenvalue weighted by Gasteiger charge is 2.08. The highest BCUT2D eigenvalue weighted by Crippen LogP contribution is 2.15. The van der Waals surface area contributed by atoms with Crippen LogP contribution in [0.25, 0.3) is 0 Å². The molecular formula is C14H21N3O3. The lowest BCUT2D eigenvalue weighted by Crippen LogP contribution is -2.30. The fourth-order valence-corrected chi connectivity index (χ4v) is 1.91. The summed E-state index contributed by atoms with van der Waals surface area (Å²) >= 11 is 0. The first kappa shape index (κ1) is 15.9. The molecule has 0 aliphatic carbocycles. The van der Waals surface area contributed by atoms with Crippen LogP contribution >= 0.6 is 0 Å². The van der Waals surface area contributed by atoms with Gasteiger partial charge < -0.3 is 10.2 Å². The summed E-state index contributed by atoms with van der Waals surface area (Å²) in [6, 6.07) is 6.27. The number of hydrogen-bond acceptors (Lipinski definition) is 4. The quantitative estimate of drug-likeness (QED) is 0.451. The summed E-state index contributed by atoms with van der Waals surface area (Å²) in [4.78, 5) is 23.7. The minimum atomic E-state index is -0.424. The number of anilines is 1. The van der Waals surface area contributed by atoms with E-state index in [9.17, 15) is 14.9 Å². The third-order valence-electron chi connectivity index (χ3n) is 3.09. The van der Waals surface area contributed by atoms with E-state index >= 15 is 0 Å². The number of nitro groups is 1. The molecule has 1 aromatic carbocycles. The number of carbonyl (C=O) groups excluding carboxylic acids is 1. The summed E-state index contributed by atoms with van der Waals surface area (Å²) in [6.07, 6.45) is 1.26. The van der Waals surface area contributed by atoms with Gasteiger partial charge in [-0.15, -0.1) is 0 Å². The van der Waals surface area contributed by atoms with E-state index in [1.807, 2.05) is 18.7 Å². The first-order valence-electron chi connectivity index (χ1n) is 6.84. The maximum Gasteiger partial charge on any atom is 0.269 e. The van der Waals surface area contributed by atoms with E-state index in [4.69, 9.17) is 0 Å². The van der Waals surface area contributed by atoms with Gasteiger partial charge in [0, 0.05) is 43.9 Å². The predicted molar refractivity (Wildman–Crippen MR) is 78.7 cm³/mol. The molecule has 0 aliphatic heterocycles. The lowest BCUT2D eigenvalue weighted by atomic mass is 10.2. The largest absolute Gasteiger partial charge is 0.385 e. The number of nitrogens with zero attached hydrogens (tertiary/aromatic N) is 2. The van der Waals surface area contributed by atoms with Gasteiger partial charge in [0.1, 0.15) is 0 Å². The Hall–Kier alpha value is -2.11. The first-order valence-corrected chi connectivity index (χ1v) is 6.84. The third kappa shape index (κ3) is 4.87. The Morgan fingerprint density at radius 3 is 2.35 bits per heavy atom. The summed E-state index contributed by atoms with van der Waals surface area (Å²) in [6.45, 7) is 6.09. The molecule has 1 amide bonds. The van der Waals surface area contributed by atoms with Crippen molar-refractivity contribution < 1.29 is 9.72 Å². The van der Waals surface area contributed by atoms with Crippen LogP contribution in [-0.2, 0) is 4.79 Å². The third-order valence-corrected chi connectivity index (χ3v) is 3.09. The van der Waals surface area contributed by atoms with Crippen LogP contribution in [0, 0.1) is 10.1 Å². The van der Waals surface area contributed by atoms with E-state index in [0.29, 0.717) is 13.0 Å². The van der Waals surface area contributed by atoms with Crippen molar-refractivity contribution in [3.05, 3.63) is 34.4 Å². The predicted octanol–water partition coefficient (Wildman–Crippen LogP) is 2.66. The molecule has 0 unspecified atom stereocenters. The molecule has 0 radical (unpaired) electrons. The minimum absolute atomic E-state index is 0.0762. The number of nitrogens with one attached hydrogen (secondary N) is 1. The number of nitro benzene ring substituents is 1. The van der Waals surface area contributed by atoms with Gasteiger partial charge in [-0.05, 0) is 32.4 Å². The van der Waals surface area contributed by atoms with E-state index in [1.165, 1.54) is 12.1 Å². The van der Waals surface area contributed by atoms with E-state index in [1.54, 1.807) is 12.1 Å². The Morgan fingerprint density at radius 2 is 1.85 bits per heavy atom. The van der Waals surface area contributed by atoms with Crippen LogP contribution in [0.2, 0.25) is 0 Å². The van der Waals surface area contributed by atoms with Gasteiger partial charge in [0.15, 0.2) is 0 Å². The molecule has 6 nitrogen and oxygen atoms in total. The van der Waals surface area contributed by atoms with Crippen molar-refractivity contribution in [1.29, 1.82) is 0 Å². The zero-order valence-electron chi connectivity index (χ0n) is 12.0. The van der Waals surface area contributed by atoms with Crippen LogP contribution in [0.3, 0.4) is 0 Å². The van der Waals surface area contributed by atoms with Gasteiger partial charge in [-0.25, -0.2) is 0 Å². The van der Waals surface area contributed by atoms with Crippen LogP contribution < -0.4 is 5.32 Å². The average molecular weight is 279 g/mol. The number of non-ortho nitro benzene ring substituents is 1. The van der Waals surface area contributed by atoms with Gasteiger partial charge in [0.05, 0.1) is 4.92 Å². The second kappa shape index (κ2) is 8.14. The van der Waals surface area contributed by atoms with E-state index in [0.717, 1.165) is 25.2 Å². The SMILES string of the molecule is CCN(CC)C(=O)CCCNc1ccc([N+](=O)[O-])cc1. The molecule has 110 valence electrons. The molecule has 0 heterocycles. The van der Waals surface area contributed by atoms with Crippen molar-refractivity contribution in [3.8, 4) is 0 Å². The smallest absolute Gasteiger partial charge is 0.269 e. The molecule has 1 rings (SSSR count). The summed E-state index contributed by atoms with van der Waals surface area (Å²) in [7, 11) is 0. The van der Waals surface area contributed by atoms with Crippen molar-refractivity contribution in [3.63, 3.8) is 0 Å². The maximum atomic E-state index is 11.8. The van der Waals surface area contributed by atoms with Crippen LogP contribution in [0.4, 0.5) is 11.4 Å². The Kier molecular flexibility index (Phi) is 6.49. The standard InChI is InChI=1S/C14H21N3O3/c1-3-16(4-2)14(18)6-5-11-15-12-7-9-13(10-8-12)17(19)20/h7-10,15H,3-6,11H2,1-2H3. The average Bonchev–Trinajstić information content (AvgIpc) is 2.45. The molecule has 0 saturated carbocycles. The van der Waals surface area contributed by atoms with Crippen molar-refractivity contribution in [2.45, 2.75) is 26.7 Å². The lowest BCUT2D eigenvalue weighted by molar-refractivity contribution is -0.384. The molecule has 0 saturated heterocycles. The Bertz CT molecular complexity index is 441. The molecule has 0 spiro atoms. The normalized spacial score (nSPS) is 10.1. The van der Waals surface area contributed by atoms with Gasteiger partial charge in [-0.3, -0.25) is 14.9 Å². The van der Waals surface area contributed by atoms with Crippen LogP contribution in [0.5, 0.6) is 0 Å². The van der Waals surface area contributed by atoms with E-state index in [-0.39, 0.29) is 11.6 Å². The summed E-state index contributed by atoms with van der Waals surface area (Å²) in [5.74, 6) is 0.167. The number of rotatable bonds is 8. The van der Waals surface area contributed by atoms with Crippen LogP contribution in [0.1, 0.15) is 26.7 Å². The molecule has 6 heteroatoms. The summed E-state index contributed by atoms with van der Waals surface area (Å²) < 4.78 is 0. The Morgan fingerprint density at radius 1 is 1.25 bits per heavy atom. The molecule has 20 heavy (non-hydrogen) atoms. The monoisotopic (exact) mass is 279 g/mol. The first-order chi connectivity index (χ1) is 9.58. The highest BCUT2D eigenvalue weighted by molar-refractivity contribution is 5.76. The summed E-state index contributed by atoms with van der Waals surface area (Å²) in [5.41, 5.74) is 0.901. The van der Waals surface area contributed by atoms with Crippen molar-refractivity contribution in [2.24, 2.45) is 0 Å². The Balaban J connectivity index is 2.30. The zero-order valence-corrected chi connectivity index (χ0v) is 12.0. The van der Waals surface area contributed by atoms with Crippen molar-refractivity contribution >= 4 is 17.3 Å². The molecule has 0 atom stereocenters. The molecule has 0 aromatic heterocycles. The van der Waals surface area contributed by atoms with Gasteiger partial charge in [-0.1, -0.05) is 0 Å². The van der Waals surface area contributed by atoms with E-state index in [2.05, 4.69) is 5.32 Å². The molecular weight excluding hydrogens is 258 g/mol. The Labute approximate surface area is 118 Å². The van der Waals surface area contributed by atoms with Gasteiger partial charge in [0.2, 0.25) is 5.91 Å². The topological polar surface area (TPSA) is 75.5 Å². The molecule has 1 aromatic rings. The fourth-order valence-electron chi connectivity index (χ4n) is 1.91. The zero-order chi connectivity index (χ0) is 15.0. The second-order valence-corrected chi connectivity index (χ2v) is 4.40. The number of benzene rings is 1. The van der Waals surface area contributed by atoms with Crippen LogP contribution in [0.15, 0.2) is 24.3 Å².